The number of urea groups is 1. The number of nitrogens with one attached hydrogen (secondary N) is 1. The summed E-state index contributed by atoms with van der Waals surface area (Å²) in [6, 6.07) is -0.0722. The highest BCUT2D eigenvalue weighted by Gasteiger charge is 2.26. The van der Waals surface area contributed by atoms with E-state index in [1.807, 2.05) is 5.01 Å². The molecule has 0 aromatic carbocycles. The summed E-state index contributed by atoms with van der Waals surface area (Å²) in [5.41, 5.74) is 2.94. The van der Waals surface area contributed by atoms with E-state index in [2.05, 4.69) is 5.43 Å². The molecule has 6 heteroatoms. The van der Waals surface area contributed by atoms with Gasteiger partial charge >= 0.3 is 12.0 Å². The lowest BCUT2D eigenvalue weighted by Crippen LogP contribution is -2.53. The van der Waals surface area contributed by atoms with Crippen LogP contribution >= 0.6 is 0 Å². The fourth-order valence-corrected chi connectivity index (χ4v) is 2.87. The highest BCUT2D eigenvalue weighted by Crippen LogP contribution is 2.19. The van der Waals surface area contributed by atoms with Gasteiger partial charge in [-0.05, 0) is 31.6 Å². The molecule has 2 rings (SSSR count). The number of nitrogens with zero attached hydrogens (tertiary/aromatic N) is 2. The number of amides is 2. The van der Waals surface area contributed by atoms with E-state index < -0.39 is 5.97 Å². The molecule has 0 spiro atoms. The summed E-state index contributed by atoms with van der Waals surface area (Å²) in [5.74, 6) is -0.679. The smallest absolute Gasteiger partial charge is 0.331 e. The van der Waals surface area contributed by atoms with Crippen LogP contribution in [0.5, 0.6) is 0 Å². The Hall–Kier alpha value is -1.30. The van der Waals surface area contributed by atoms with Gasteiger partial charge in [0.05, 0.1) is 0 Å². The molecule has 1 unspecified atom stereocenters. The predicted molar refractivity (Wildman–Crippen MR) is 70.5 cm³/mol. The van der Waals surface area contributed by atoms with Crippen molar-refractivity contribution in [3.8, 4) is 0 Å². The zero-order valence-corrected chi connectivity index (χ0v) is 11.3. The Morgan fingerprint density at radius 2 is 1.84 bits per heavy atom. The summed E-state index contributed by atoms with van der Waals surface area (Å²) in [7, 11) is 0. The molecule has 2 N–H and O–H groups in total. The van der Waals surface area contributed by atoms with Crippen LogP contribution in [0.15, 0.2) is 0 Å². The summed E-state index contributed by atoms with van der Waals surface area (Å²) in [6.07, 6.45) is 5.44. The van der Waals surface area contributed by atoms with Crippen molar-refractivity contribution < 1.29 is 14.7 Å². The molecule has 0 bridgehead atoms. The molecular weight excluding hydrogens is 246 g/mol. The minimum absolute atomic E-state index is 0.0722. The molecule has 108 valence electrons. The zero-order valence-electron chi connectivity index (χ0n) is 11.3. The maximum atomic E-state index is 12.1. The Balaban J connectivity index is 1.79. The standard InChI is InChI=1S/C13H23N3O3/c17-12(18)9-11-5-4-6-15(10-11)13(19)14-16-7-2-1-3-8-16/h11H,1-10H2,(H,14,19)(H,17,18). The average Bonchev–Trinajstić information content (AvgIpc) is 2.39. The first kappa shape index (κ1) is 14.1. The fourth-order valence-electron chi connectivity index (χ4n) is 2.87. The number of likely N-dealkylation sites (tertiary alicyclic amines) is 1. The Kier molecular flexibility index (Phi) is 5.01. The quantitative estimate of drug-likeness (QED) is 0.809. The number of carboxylic acids is 1. The number of aliphatic carboxylic acids is 1. The number of rotatable bonds is 3. The molecule has 2 fully saturated rings. The van der Waals surface area contributed by atoms with Crippen molar-refractivity contribution in [2.75, 3.05) is 26.2 Å². The Morgan fingerprint density at radius 1 is 1.11 bits per heavy atom. The molecule has 0 aromatic rings. The molecule has 1 atom stereocenters. The SMILES string of the molecule is O=C(O)CC1CCCN(C(=O)NN2CCCCC2)C1. The lowest BCUT2D eigenvalue weighted by molar-refractivity contribution is -0.138. The van der Waals surface area contributed by atoms with E-state index in [0.29, 0.717) is 6.54 Å². The molecule has 0 aliphatic carbocycles. The topological polar surface area (TPSA) is 72.9 Å². The summed E-state index contributed by atoms with van der Waals surface area (Å²) in [4.78, 5) is 24.6. The number of piperidine rings is 2. The minimum Gasteiger partial charge on any atom is -0.481 e. The first-order valence-electron chi connectivity index (χ1n) is 7.17. The first-order chi connectivity index (χ1) is 9.15. The van der Waals surface area contributed by atoms with E-state index in [1.54, 1.807) is 4.90 Å². The Bertz CT molecular complexity index is 329. The lowest BCUT2D eigenvalue weighted by atomic mass is 9.95. The lowest BCUT2D eigenvalue weighted by Gasteiger charge is -2.35. The van der Waals surface area contributed by atoms with Crippen LogP contribution in [0, 0.1) is 5.92 Å². The molecule has 2 heterocycles. The highest BCUT2D eigenvalue weighted by atomic mass is 16.4. The number of carbonyl (C=O) groups is 2. The van der Waals surface area contributed by atoms with E-state index in [4.69, 9.17) is 5.11 Å². The molecule has 2 aliphatic rings. The third-order valence-electron chi connectivity index (χ3n) is 3.88. The van der Waals surface area contributed by atoms with Crippen molar-refractivity contribution >= 4 is 12.0 Å². The van der Waals surface area contributed by atoms with Crippen LogP contribution in [-0.4, -0.2) is 53.2 Å². The van der Waals surface area contributed by atoms with Gasteiger partial charge in [0.2, 0.25) is 0 Å². The van der Waals surface area contributed by atoms with Crippen LogP contribution in [0.4, 0.5) is 4.79 Å². The molecular formula is C13H23N3O3. The highest BCUT2D eigenvalue weighted by molar-refractivity contribution is 5.74. The zero-order chi connectivity index (χ0) is 13.7. The summed E-state index contributed by atoms with van der Waals surface area (Å²) >= 11 is 0. The van der Waals surface area contributed by atoms with Crippen LogP contribution in [0.1, 0.15) is 38.5 Å². The van der Waals surface area contributed by atoms with Crippen molar-refractivity contribution in [3.05, 3.63) is 0 Å². The fraction of sp³-hybridized carbons (Fsp3) is 0.846. The second kappa shape index (κ2) is 6.75. The van der Waals surface area contributed by atoms with Gasteiger partial charge < -0.3 is 10.0 Å². The van der Waals surface area contributed by atoms with Gasteiger partial charge in [-0.25, -0.2) is 9.80 Å². The van der Waals surface area contributed by atoms with Crippen molar-refractivity contribution in [2.45, 2.75) is 38.5 Å². The van der Waals surface area contributed by atoms with Crippen molar-refractivity contribution in [2.24, 2.45) is 5.92 Å². The summed E-state index contributed by atoms with van der Waals surface area (Å²) < 4.78 is 0. The molecule has 2 saturated heterocycles. The van der Waals surface area contributed by atoms with Crippen LogP contribution in [0.3, 0.4) is 0 Å². The van der Waals surface area contributed by atoms with Gasteiger partial charge in [0.25, 0.3) is 0 Å². The van der Waals surface area contributed by atoms with E-state index in [0.717, 1.165) is 45.3 Å². The molecule has 0 saturated carbocycles. The second-order valence-electron chi connectivity index (χ2n) is 5.52. The normalized spacial score (nSPS) is 25.1. The van der Waals surface area contributed by atoms with Crippen molar-refractivity contribution in [1.82, 2.24) is 15.3 Å². The maximum Gasteiger partial charge on any atom is 0.331 e. The monoisotopic (exact) mass is 269 g/mol. The van der Waals surface area contributed by atoms with E-state index >= 15 is 0 Å². The van der Waals surface area contributed by atoms with E-state index in [9.17, 15) is 9.59 Å². The van der Waals surface area contributed by atoms with Crippen LogP contribution in [0.2, 0.25) is 0 Å². The largest absolute Gasteiger partial charge is 0.481 e. The molecule has 0 radical (unpaired) electrons. The minimum atomic E-state index is -0.775. The number of hydrogen-bond acceptors (Lipinski definition) is 3. The number of hydrogen-bond donors (Lipinski definition) is 2. The van der Waals surface area contributed by atoms with Gasteiger partial charge in [0.1, 0.15) is 0 Å². The van der Waals surface area contributed by atoms with Crippen LogP contribution < -0.4 is 5.43 Å². The summed E-state index contributed by atoms with van der Waals surface area (Å²) in [6.45, 7) is 3.12. The van der Waals surface area contributed by atoms with Gasteiger partial charge in [0.15, 0.2) is 0 Å². The average molecular weight is 269 g/mol. The third kappa shape index (κ3) is 4.38. The van der Waals surface area contributed by atoms with Crippen LogP contribution in [-0.2, 0) is 4.79 Å². The molecule has 6 nitrogen and oxygen atoms in total. The molecule has 0 aromatic heterocycles. The maximum absolute atomic E-state index is 12.1. The predicted octanol–water partition coefficient (Wildman–Crippen LogP) is 1.28. The molecule has 2 aliphatic heterocycles. The number of hydrazine groups is 1. The van der Waals surface area contributed by atoms with Gasteiger partial charge in [0, 0.05) is 32.6 Å². The second-order valence-corrected chi connectivity index (χ2v) is 5.52. The number of carboxylic acid groups (broad SMARTS) is 1. The van der Waals surface area contributed by atoms with Gasteiger partial charge in [-0.3, -0.25) is 10.2 Å². The molecule has 2 amide bonds. The summed E-state index contributed by atoms with van der Waals surface area (Å²) in [5, 5.41) is 10.8. The van der Waals surface area contributed by atoms with E-state index in [-0.39, 0.29) is 18.4 Å². The van der Waals surface area contributed by atoms with Crippen molar-refractivity contribution in [1.29, 1.82) is 0 Å². The van der Waals surface area contributed by atoms with Gasteiger partial charge in [-0.1, -0.05) is 6.42 Å². The van der Waals surface area contributed by atoms with Crippen molar-refractivity contribution in [3.63, 3.8) is 0 Å². The van der Waals surface area contributed by atoms with Gasteiger partial charge in [-0.2, -0.15) is 0 Å². The molecule has 19 heavy (non-hydrogen) atoms. The van der Waals surface area contributed by atoms with Gasteiger partial charge in [-0.15, -0.1) is 0 Å². The Labute approximate surface area is 113 Å². The number of carbonyl (C=O) groups excluding carboxylic acids is 1. The third-order valence-corrected chi connectivity index (χ3v) is 3.88. The first-order valence-corrected chi connectivity index (χ1v) is 7.17. The van der Waals surface area contributed by atoms with Crippen LogP contribution in [0.25, 0.3) is 0 Å². The van der Waals surface area contributed by atoms with E-state index in [1.165, 1.54) is 6.42 Å². The Morgan fingerprint density at radius 3 is 2.53 bits per heavy atom.